The van der Waals surface area contributed by atoms with Gasteiger partial charge in [-0.25, -0.2) is 0 Å². The summed E-state index contributed by atoms with van der Waals surface area (Å²) in [6.07, 6.45) is 4.16. The minimum Gasteiger partial charge on any atom is -0.504 e. The summed E-state index contributed by atoms with van der Waals surface area (Å²) in [5, 5.41) is 20.6. The molecule has 5 nitrogen and oxygen atoms in total. The third-order valence-corrected chi connectivity index (χ3v) is 5.54. The molecule has 2 aliphatic heterocycles. The van der Waals surface area contributed by atoms with Crippen LogP contribution in [-0.4, -0.2) is 28.4 Å². The maximum atomic E-state index is 12.2. The third-order valence-electron chi connectivity index (χ3n) is 5.54. The molecule has 2 N–H and O–H groups in total. The molecule has 1 aliphatic carbocycles. The maximum absolute atomic E-state index is 12.2. The topological polar surface area (TPSA) is 76.0 Å². The van der Waals surface area contributed by atoms with Gasteiger partial charge in [0, 0.05) is 29.5 Å². The van der Waals surface area contributed by atoms with Gasteiger partial charge in [-0.2, -0.15) is 0 Å². The van der Waals surface area contributed by atoms with Crippen molar-refractivity contribution in [2.24, 2.45) is 0 Å². The van der Waals surface area contributed by atoms with E-state index in [4.69, 9.17) is 9.47 Å². The molecule has 3 aliphatic rings. The Hall–Kier alpha value is -1.91. The number of fused-ring (bicyclic) bond motifs is 2. The fourth-order valence-electron chi connectivity index (χ4n) is 4.55. The molecule has 1 aromatic rings. The molecule has 2 unspecified atom stereocenters. The molecule has 2 atom stereocenters. The Balaban J connectivity index is 2.02. The Morgan fingerprint density at radius 2 is 1.61 bits per heavy atom. The molecule has 23 heavy (non-hydrogen) atoms. The molecule has 0 radical (unpaired) electrons. The van der Waals surface area contributed by atoms with Crippen molar-refractivity contribution in [1.29, 1.82) is 0 Å². The standard InChI is InChI=1S/C18H22O5/c1-9-7-11-13(18(17(20)21)5-3-4-6-18)15-12(8-10(2)22-15)14(19)16(11)23-9/h9-10,19H,3-8H2,1-2H3,(H,20,21). The number of rotatable bonds is 2. The highest BCUT2D eigenvalue weighted by Crippen LogP contribution is 2.57. The predicted octanol–water partition coefficient (Wildman–Crippen LogP) is 2.94. The zero-order valence-corrected chi connectivity index (χ0v) is 13.5. The first-order valence-electron chi connectivity index (χ1n) is 8.42. The molecule has 4 rings (SSSR count). The maximum Gasteiger partial charge on any atom is 0.314 e. The highest BCUT2D eigenvalue weighted by molar-refractivity contribution is 5.86. The minimum atomic E-state index is -0.903. The van der Waals surface area contributed by atoms with Crippen molar-refractivity contribution in [3.05, 3.63) is 16.7 Å². The van der Waals surface area contributed by atoms with E-state index < -0.39 is 11.4 Å². The monoisotopic (exact) mass is 318 g/mol. The molecular weight excluding hydrogens is 296 g/mol. The Morgan fingerprint density at radius 1 is 1.04 bits per heavy atom. The molecule has 0 aromatic heterocycles. The van der Waals surface area contributed by atoms with Gasteiger partial charge < -0.3 is 19.7 Å². The van der Waals surface area contributed by atoms with Gasteiger partial charge in [-0.3, -0.25) is 4.79 Å². The molecule has 5 heteroatoms. The molecule has 0 spiro atoms. The molecule has 2 heterocycles. The number of carboxylic acid groups (broad SMARTS) is 1. The quantitative estimate of drug-likeness (QED) is 0.877. The van der Waals surface area contributed by atoms with E-state index in [0.717, 1.165) is 24.0 Å². The molecule has 0 amide bonds. The SMILES string of the molecule is CC1Cc2c(c(O)c3c(c2C2(C(=O)O)CCCC2)OC(C)C3)O1. The van der Waals surface area contributed by atoms with Crippen LogP contribution in [0, 0.1) is 0 Å². The number of phenols is 1. The molecular formula is C18H22O5. The van der Waals surface area contributed by atoms with Crippen molar-refractivity contribution in [3.8, 4) is 17.2 Å². The summed E-state index contributed by atoms with van der Waals surface area (Å²) in [6.45, 7) is 3.89. The van der Waals surface area contributed by atoms with Crippen LogP contribution in [0.4, 0.5) is 0 Å². The number of carboxylic acids is 1. The molecule has 1 fully saturated rings. The lowest BCUT2D eigenvalue weighted by molar-refractivity contribution is -0.143. The minimum absolute atomic E-state index is 0.0538. The fourth-order valence-corrected chi connectivity index (χ4v) is 4.55. The van der Waals surface area contributed by atoms with E-state index in [2.05, 4.69) is 0 Å². The third kappa shape index (κ3) is 1.88. The number of benzene rings is 1. The highest BCUT2D eigenvalue weighted by atomic mass is 16.5. The van der Waals surface area contributed by atoms with Crippen LogP contribution in [0.1, 0.15) is 56.2 Å². The largest absolute Gasteiger partial charge is 0.504 e. The summed E-state index contributed by atoms with van der Waals surface area (Å²) in [6, 6.07) is 0. The van der Waals surface area contributed by atoms with Gasteiger partial charge >= 0.3 is 5.97 Å². The van der Waals surface area contributed by atoms with Gasteiger partial charge in [-0.15, -0.1) is 0 Å². The van der Waals surface area contributed by atoms with Crippen molar-refractivity contribution >= 4 is 5.97 Å². The van der Waals surface area contributed by atoms with E-state index in [1.807, 2.05) is 13.8 Å². The van der Waals surface area contributed by atoms with Crippen LogP contribution in [0.25, 0.3) is 0 Å². The molecule has 124 valence electrons. The van der Waals surface area contributed by atoms with E-state index >= 15 is 0 Å². The van der Waals surface area contributed by atoms with Gasteiger partial charge in [0.2, 0.25) is 0 Å². The second kappa shape index (κ2) is 4.79. The molecule has 0 bridgehead atoms. The van der Waals surface area contributed by atoms with Crippen molar-refractivity contribution < 1.29 is 24.5 Å². The van der Waals surface area contributed by atoms with Crippen LogP contribution >= 0.6 is 0 Å². The predicted molar refractivity (Wildman–Crippen MR) is 83.5 cm³/mol. The lowest BCUT2D eigenvalue weighted by atomic mass is 9.74. The lowest BCUT2D eigenvalue weighted by Gasteiger charge is -2.29. The van der Waals surface area contributed by atoms with Gasteiger partial charge in [-0.05, 0) is 26.7 Å². The van der Waals surface area contributed by atoms with Crippen LogP contribution in [0.3, 0.4) is 0 Å². The summed E-state index contributed by atoms with van der Waals surface area (Å²) in [4.78, 5) is 12.2. The second-order valence-electron chi connectivity index (χ2n) is 7.20. The summed E-state index contributed by atoms with van der Waals surface area (Å²) >= 11 is 0. The average Bonchev–Trinajstić information content (AvgIpc) is 3.18. The highest BCUT2D eigenvalue weighted by Gasteiger charge is 2.50. The van der Waals surface area contributed by atoms with E-state index in [-0.39, 0.29) is 18.0 Å². The summed E-state index contributed by atoms with van der Waals surface area (Å²) in [5.74, 6) is 0.450. The molecule has 1 aromatic carbocycles. The fraction of sp³-hybridized carbons (Fsp3) is 0.611. The van der Waals surface area contributed by atoms with Gasteiger partial charge in [0.15, 0.2) is 11.5 Å². The first kappa shape index (κ1) is 14.7. The Bertz CT molecular complexity index is 648. The Kier molecular flexibility index (Phi) is 3.06. The number of carbonyl (C=O) groups is 1. The number of aliphatic carboxylic acids is 1. The molecule has 0 saturated heterocycles. The number of aromatic hydroxyl groups is 1. The smallest absolute Gasteiger partial charge is 0.314 e. The van der Waals surface area contributed by atoms with Gasteiger partial charge in [0.1, 0.15) is 18.0 Å². The number of phenolic OH excluding ortho intramolecular Hbond substituents is 1. The normalized spacial score (nSPS) is 27.2. The van der Waals surface area contributed by atoms with Crippen molar-refractivity contribution in [3.63, 3.8) is 0 Å². The first-order valence-corrected chi connectivity index (χ1v) is 8.42. The first-order chi connectivity index (χ1) is 10.9. The second-order valence-corrected chi connectivity index (χ2v) is 7.20. The lowest BCUT2D eigenvalue weighted by Crippen LogP contribution is -2.34. The van der Waals surface area contributed by atoms with Crippen LogP contribution in [0.15, 0.2) is 0 Å². The van der Waals surface area contributed by atoms with Gasteiger partial charge in [-0.1, -0.05) is 12.8 Å². The zero-order chi connectivity index (χ0) is 16.4. The zero-order valence-electron chi connectivity index (χ0n) is 13.5. The van der Waals surface area contributed by atoms with Crippen LogP contribution < -0.4 is 9.47 Å². The summed E-state index contributed by atoms with van der Waals surface area (Å²) in [5.41, 5.74) is 1.43. The number of ether oxygens (including phenoxy) is 2. The number of hydrogen-bond donors (Lipinski definition) is 2. The number of hydrogen-bond acceptors (Lipinski definition) is 4. The van der Waals surface area contributed by atoms with Crippen LogP contribution in [0.2, 0.25) is 0 Å². The summed E-state index contributed by atoms with van der Waals surface area (Å²) < 4.78 is 11.8. The molecule has 1 saturated carbocycles. The van der Waals surface area contributed by atoms with E-state index in [1.54, 1.807) is 0 Å². The Morgan fingerprint density at radius 3 is 2.22 bits per heavy atom. The van der Waals surface area contributed by atoms with Crippen LogP contribution in [0.5, 0.6) is 17.2 Å². The van der Waals surface area contributed by atoms with Crippen LogP contribution in [-0.2, 0) is 23.1 Å². The summed E-state index contributed by atoms with van der Waals surface area (Å²) in [7, 11) is 0. The van der Waals surface area contributed by atoms with Gasteiger partial charge in [0.05, 0.1) is 5.41 Å². The van der Waals surface area contributed by atoms with Crippen molar-refractivity contribution in [1.82, 2.24) is 0 Å². The van der Waals surface area contributed by atoms with Crippen molar-refractivity contribution in [2.45, 2.75) is 70.0 Å². The van der Waals surface area contributed by atoms with E-state index in [9.17, 15) is 15.0 Å². The van der Waals surface area contributed by atoms with Crippen molar-refractivity contribution in [2.75, 3.05) is 0 Å². The van der Waals surface area contributed by atoms with E-state index in [0.29, 0.717) is 42.7 Å². The van der Waals surface area contributed by atoms with Gasteiger partial charge in [0.25, 0.3) is 0 Å². The van der Waals surface area contributed by atoms with E-state index in [1.165, 1.54) is 0 Å². The Labute approximate surface area is 135 Å². The average molecular weight is 318 g/mol.